The molecule has 0 atom stereocenters. The van der Waals surface area contributed by atoms with Crippen LogP contribution in [0.3, 0.4) is 0 Å². The van der Waals surface area contributed by atoms with Crippen LogP contribution >= 0.6 is 27.5 Å². The van der Waals surface area contributed by atoms with Gasteiger partial charge in [0.15, 0.2) is 0 Å². The normalized spacial score (nSPS) is 16.1. The Balaban J connectivity index is 2.05. The molecule has 1 aliphatic heterocycles. The molecule has 0 fully saturated rings. The minimum Gasteiger partial charge on any atom is -0.363 e. The van der Waals surface area contributed by atoms with Crippen LogP contribution in [0.4, 0.5) is 11.4 Å². The summed E-state index contributed by atoms with van der Waals surface area (Å²) in [7, 11) is 0. The van der Waals surface area contributed by atoms with Gasteiger partial charge in [-0.3, -0.25) is 4.99 Å². The van der Waals surface area contributed by atoms with Gasteiger partial charge < -0.3 is 4.90 Å². The predicted molar refractivity (Wildman–Crippen MR) is 114 cm³/mol. The van der Waals surface area contributed by atoms with Crippen LogP contribution < -0.4 is 4.90 Å². The highest BCUT2D eigenvalue weighted by Crippen LogP contribution is 2.41. The smallest absolute Gasteiger partial charge is 0.0771 e. The van der Waals surface area contributed by atoms with Crippen molar-refractivity contribution in [3.05, 3.63) is 63.1 Å². The number of benzene rings is 2. The zero-order valence-corrected chi connectivity index (χ0v) is 17.3. The van der Waals surface area contributed by atoms with E-state index >= 15 is 0 Å². The number of fused-ring (bicyclic) bond motifs is 1. The first-order valence-electron chi connectivity index (χ1n) is 8.43. The minimum atomic E-state index is -0.0142. The standard InChI is InChI=1S/C21H22BrClN2/c1-5-25-20-11-18(23)15(10-16(20)14(2)12-21(25,3)4)13-24-19-9-7-6-8-17(19)22/h6-13H,5H2,1-4H3. The van der Waals surface area contributed by atoms with Crippen molar-refractivity contribution in [2.45, 2.75) is 33.2 Å². The molecular formula is C21H22BrClN2. The van der Waals surface area contributed by atoms with Crippen molar-refractivity contribution in [1.29, 1.82) is 0 Å². The maximum atomic E-state index is 6.58. The van der Waals surface area contributed by atoms with Gasteiger partial charge in [0.1, 0.15) is 0 Å². The Morgan fingerprint density at radius 1 is 1.24 bits per heavy atom. The number of rotatable bonds is 3. The molecule has 2 aromatic carbocycles. The molecule has 1 aliphatic rings. The third kappa shape index (κ3) is 3.54. The lowest BCUT2D eigenvalue weighted by Gasteiger charge is -2.43. The molecule has 0 N–H and O–H groups in total. The molecule has 0 amide bonds. The second kappa shape index (κ2) is 6.97. The molecule has 4 heteroatoms. The van der Waals surface area contributed by atoms with Crippen molar-refractivity contribution >= 4 is 50.7 Å². The maximum absolute atomic E-state index is 6.58. The molecule has 0 radical (unpaired) electrons. The Labute approximate surface area is 163 Å². The van der Waals surface area contributed by atoms with Gasteiger partial charge in [-0.2, -0.15) is 0 Å². The molecule has 1 heterocycles. The number of allylic oxidation sites excluding steroid dienone is 1. The Kier molecular flexibility index (Phi) is 5.08. The van der Waals surface area contributed by atoms with Crippen molar-refractivity contribution < 1.29 is 0 Å². The van der Waals surface area contributed by atoms with Gasteiger partial charge in [-0.1, -0.05) is 29.8 Å². The Hall–Kier alpha value is -1.58. The summed E-state index contributed by atoms with van der Waals surface area (Å²) in [6, 6.07) is 12.1. The lowest BCUT2D eigenvalue weighted by molar-refractivity contribution is 0.566. The molecule has 2 nitrogen and oxygen atoms in total. The van der Waals surface area contributed by atoms with E-state index in [4.69, 9.17) is 11.6 Å². The molecule has 0 unspecified atom stereocenters. The summed E-state index contributed by atoms with van der Waals surface area (Å²) in [5, 5.41) is 0.721. The molecule has 0 aromatic heterocycles. The molecule has 0 bridgehead atoms. The van der Waals surface area contributed by atoms with Crippen LogP contribution in [-0.2, 0) is 0 Å². The summed E-state index contributed by atoms with van der Waals surface area (Å²) in [4.78, 5) is 6.97. The zero-order chi connectivity index (χ0) is 18.2. The molecule has 0 saturated heterocycles. The van der Waals surface area contributed by atoms with E-state index in [1.807, 2.05) is 30.5 Å². The summed E-state index contributed by atoms with van der Waals surface area (Å²) < 4.78 is 0.968. The highest BCUT2D eigenvalue weighted by atomic mass is 79.9. The molecule has 2 aromatic rings. The van der Waals surface area contributed by atoms with E-state index in [9.17, 15) is 0 Å². The molecule has 25 heavy (non-hydrogen) atoms. The van der Waals surface area contributed by atoms with Crippen molar-refractivity contribution in [2.75, 3.05) is 11.4 Å². The average Bonchev–Trinajstić information content (AvgIpc) is 2.54. The number of hydrogen-bond donors (Lipinski definition) is 0. The van der Waals surface area contributed by atoms with E-state index in [1.54, 1.807) is 0 Å². The van der Waals surface area contributed by atoms with Gasteiger partial charge in [0.05, 0.1) is 16.2 Å². The number of para-hydroxylation sites is 1. The Morgan fingerprint density at radius 2 is 1.96 bits per heavy atom. The number of aliphatic imine (C=N–C) groups is 1. The summed E-state index contributed by atoms with van der Waals surface area (Å²) in [5.41, 5.74) is 5.49. The predicted octanol–water partition coefficient (Wildman–Crippen LogP) is 6.87. The highest BCUT2D eigenvalue weighted by molar-refractivity contribution is 9.10. The second-order valence-electron chi connectivity index (χ2n) is 6.83. The van der Waals surface area contributed by atoms with E-state index in [-0.39, 0.29) is 5.54 Å². The quantitative estimate of drug-likeness (QED) is 0.497. The lowest BCUT2D eigenvalue weighted by atomic mass is 9.88. The molecular weight excluding hydrogens is 396 g/mol. The van der Waals surface area contributed by atoms with Gasteiger partial charge in [-0.25, -0.2) is 0 Å². The van der Waals surface area contributed by atoms with Gasteiger partial charge >= 0.3 is 0 Å². The summed E-state index contributed by atoms with van der Waals surface area (Å²) in [6.07, 6.45) is 4.16. The third-order valence-corrected chi connectivity index (χ3v) is 5.61. The van der Waals surface area contributed by atoms with Gasteiger partial charge in [-0.15, -0.1) is 0 Å². The average molecular weight is 418 g/mol. The Bertz CT molecular complexity index is 868. The molecule has 3 rings (SSSR count). The zero-order valence-electron chi connectivity index (χ0n) is 15.0. The van der Waals surface area contributed by atoms with E-state index in [0.29, 0.717) is 0 Å². The van der Waals surface area contributed by atoms with Crippen LogP contribution in [-0.4, -0.2) is 18.3 Å². The maximum Gasteiger partial charge on any atom is 0.0771 e. The van der Waals surface area contributed by atoms with E-state index in [1.165, 1.54) is 16.8 Å². The van der Waals surface area contributed by atoms with Crippen molar-refractivity contribution in [3.63, 3.8) is 0 Å². The SMILES string of the molecule is CCN1c2cc(Cl)c(C=Nc3ccccc3Br)cc2C(C)=CC1(C)C. The molecule has 0 spiro atoms. The van der Waals surface area contributed by atoms with Crippen molar-refractivity contribution in [1.82, 2.24) is 0 Å². The first-order valence-corrected chi connectivity index (χ1v) is 9.60. The van der Waals surface area contributed by atoms with Crippen molar-refractivity contribution in [3.8, 4) is 0 Å². The van der Waals surface area contributed by atoms with Gasteiger partial charge in [-0.05, 0) is 73.5 Å². The summed E-state index contributed by atoms with van der Waals surface area (Å²) >= 11 is 10.1. The van der Waals surface area contributed by atoms with E-state index in [0.717, 1.165) is 27.3 Å². The molecule has 0 aliphatic carbocycles. The summed E-state index contributed by atoms with van der Waals surface area (Å²) in [6.45, 7) is 9.75. The number of nitrogens with zero attached hydrogens (tertiary/aromatic N) is 2. The van der Waals surface area contributed by atoms with Crippen LogP contribution in [0.25, 0.3) is 5.57 Å². The van der Waals surface area contributed by atoms with Gasteiger partial charge in [0, 0.05) is 34.0 Å². The van der Waals surface area contributed by atoms with Gasteiger partial charge in [0.2, 0.25) is 0 Å². The first-order chi connectivity index (χ1) is 11.8. The first kappa shape index (κ1) is 18.2. The number of hydrogen-bond acceptors (Lipinski definition) is 2. The van der Waals surface area contributed by atoms with Crippen LogP contribution in [0.5, 0.6) is 0 Å². The minimum absolute atomic E-state index is 0.0142. The van der Waals surface area contributed by atoms with Crippen LogP contribution in [0.15, 0.2) is 51.9 Å². The molecule has 130 valence electrons. The fourth-order valence-corrected chi connectivity index (χ4v) is 4.08. The summed E-state index contributed by atoms with van der Waals surface area (Å²) in [5.74, 6) is 0. The Morgan fingerprint density at radius 3 is 2.64 bits per heavy atom. The third-order valence-electron chi connectivity index (χ3n) is 4.61. The number of anilines is 1. The number of halogens is 2. The fraction of sp³-hybridized carbons (Fsp3) is 0.286. The lowest BCUT2D eigenvalue weighted by Crippen LogP contribution is -2.44. The van der Waals surface area contributed by atoms with E-state index in [2.05, 4.69) is 71.7 Å². The second-order valence-corrected chi connectivity index (χ2v) is 8.09. The molecule has 0 saturated carbocycles. The van der Waals surface area contributed by atoms with E-state index < -0.39 is 0 Å². The number of likely N-dealkylation sites (N-methyl/N-ethyl adjacent to an activating group) is 1. The topological polar surface area (TPSA) is 15.6 Å². The van der Waals surface area contributed by atoms with Crippen LogP contribution in [0.2, 0.25) is 5.02 Å². The largest absolute Gasteiger partial charge is 0.363 e. The fourth-order valence-electron chi connectivity index (χ4n) is 3.49. The van der Waals surface area contributed by atoms with Gasteiger partial charge in [0.25, 0.3) is 0 Å². The van der Waals surface area contributed by atoms with Crippen molar-refractivity contribution in [2.24, 2.45) is 4.99 Å². The van der Waals surface area contributed by atoms with Crippen LogP contribution in [0.1, 0.15) is 38.8 Å². The monoisotopic (exact) mass is 416 g/mol. The van der Waals surface area contributed by atoms with Crippen LogP contribution in [0, 0.1) is 0 Å². The highest BCUT2D eigenvalue weighted by Gasteiger charge is 2.30.